The summed E-state index contributed by atoms with van der Waals surface area (Å²) >= 11 is 0. The molecule has 1 unspecified atom stereocenters. The number of carbonyl (C=O) groups is 1. The first-order valence-corrected chi connectivity index (χ1v) is 6.32. The van der Waals surface area contributed by atoms with Crippen LogP contribution in [0.3, 0.4) is 0 Å². The van der Waals surface area contributed by atoms with E-state index in [4.69, 9.17) is 9.47 Å². The first-order valence-electron chi connectivity index (χ1n) is 6.32. The Hall–Kier alpha value is -1.55. The van der Waals surface area contributed by atoms with E-state index < -0.39 is 5.60 Å². The van der Waals surface area contributed by atoms with Crippen LogP contribution in [0.5, 0.6) is 11.5 Å². The third kappa shape index (κ3) is 3.96. The second kappa shape index (κ2) is 6.06. The Labute approximate surface area is 114 Å². The van der Waals surface area contributed by atoms with E-state index in [-0.39, 0.29) is 18.3 Å². The van der Waals surface area contributed by atoms with Gasteiger partial charge in [0.05, 0.1) is 18.3 Å². The number of rotatable bonds is 6. The molecule has 19 heavy (non-hydrogen) atoms. The maximum absolute atomic E-state index is 11.5. The Morgan fingerprint density at radius 1 is 1.42 bits per heavy atom. The largest absolute Gasteiger partial charge is 0.497 e. The first-order chi connectivity index (χ1) is 8.77. The second-order valence-corrected chi connectivity index (χ2v) is 5.22. The summed E-state index contributed by atoms with van der Waals surface area (Å²) in [6.07, 6.45) is 0. The molecule has 0 aliphatic rings. The van der Waals surface area contributed by atoms with Gasteiger partial charge in [-0.1, -0.05) is 13.8 Å². The molecular formula is C15H22O4. The summed E-state index contributed by atoms with van der Waals surface area (Å²) in [5.41, 5.74) is -0.461. The molecule has 0 bridgehead atoms. The van der Waals surface area contributed by atoms with E-state index in [0.29, 0.717) is 17.1 Å². The molecule has 0 aliphatic heterocycles. The van der Waals surface area contributed by atoms with Crippen molar-refractivity contribution in [2.75, 3.05) is 13.7 Å². The molecule has 0 saturated carbocycles. The number of methoxy groups -OCH3 is 1. The standard InChI is InChI=1S/C15H22O4/c1-10(2)15(4,17)9-19-14-8-12(18-5)6-7-13(14)11(3)16/h6-8,10,17H,9H2,1-5H3. The van der Waals surface area contributed by atoms with Crippen LogP contribution in [0.15, 0.2) is 18.2 Å². The Morgan fingerprint density at radius 3 is 2.53 bits per heavy atom. The highest BCUT2D eigenvalue weighted by molar-refractivity contribution is 5.97. The normalized spacial score (nSPS) is 14.1. The van der Waals surface area contributed by atoms with E-state index in [1.54, 1.807) is 32.2 Å². The molecule has 0 fully saturated rings. The fourth-order valence-corrected chi connectivity index (χ4v) is 1.43. The average Bonchev–Trinajstić information content (AvgIpc) is 2.35. The summed E-state index contributed by atoms with van der Waals surface area (Å²) in [6.45, 7) is 7.15. The van der Waals surface area contributed by atoms with Crippen molar-refractivity contribution in [3.05, 3.63) is 23.8 Å². The van der Waals surface area contributed by atoms with Gasteiger partial charge in [0.1, 0.15) is 18.1 Å². The van der Waals surface area contributed by atoms with Crippen LogP contribution in [-0.2, 0) is 0 Å². The maximum atomic E-state index is 11.5. The van der Waals surface area contributed by atoms with Crippen molar-refractivity contribution in [2.24, 2.45) is 5.92 Å². The summed E-state index contributed by atoms with van der Waals surface area (Å²) in [5, 5.41) is 10.2. The molecule has 4 nitrogen and oxygen atoms in total. The number of Topliss-reactive ketones (excluding diaryl/α,β-unsaturated/α-hetero) is 1. The average molecular weight is 266 g/mol. The minimum Gasteiger partial charge on any atom is -0.497 e. The Morgan fingerprint density at radius 2 is 2.05 bits per heavy atom. The SMILES string of the molecule is COc1ccc(C(C)=O)c(OCC(C)(O)C(C)C)c1. The molecule has 4 heteroatoms. The van der Waals surface area contributed by atoms with Gasteiger partial charge in [-0.3, -0.25) is 4.79 Å². The maximum Gasteiger partial charge on any atom is 0.163 e. The zero-order valence-electron chi connectivity index (χ0n) is 12.2. The predicted octanol–water partition coefficient (Wildman–Crippen LogP) is 2.68. The van der Waals surface area contributed by atoms with Crippen molar-refractivity contribution in [1.82, 2.24) is 0 Å². The second-order valence-electron chi connectivity index (χ2n) is 5.22. The van der Waals surface area contributed by atoms with Crippen molar-refractivity contribution < 1.29 is 19.4 Å². The van der Waals surface area contributed by atoms with E-state index >= 15 is 0 Å². The third-order valence-electron chi connectivity index (χ3n) is 3.33. The first kappa shape index (κ1) is 15.5. The van der Waals surface area contributed by atoms with Crippen molar-refractivity contribution in [1.29, 1.82) is 0 Å². The van der Waals surface area contributed by atoms with E-state index in [2.05, 4.69) is 0 Å². The molecule has 1 atom stereocenters. The van der Waals surface area contributed by atoms with Crippen molar-refractivity contribution in [3.63, 3.8) is 0 Å². The van der Waals surface area contributed by atoms with Crippen LogP contribution in [0.1, 0.15) is 38.1 Å². The van der Waals surface area contributed by atoms with Gasteiger partial charge in [-0.15, -0.1) is 0 Å². The van der Waals surface area contributed by atoms with Crippen LogP contribution in [-0.4, -0.2) is 30.2 Å². The van der Waals surface area contributed by atoms with Gasteiger partial charge in [-0.05, 0) is 31.9 Å². The molecule has 1 aromatic rings. The predicted molar refractivity (Wildman–Crippen MR) is 74.0 cm³/mol. The molecule has 0 amide bonds. The molecule has 0 aromatic heterocycles. The molecule has 1 rings (SSSR count). The van der Waals surface area contributed by atoms with Crippen molar-refractivity contribution in [3.8, 4) is 11.5 Å². The highest BCUT2D eigenvalue weighted by atomic mass is 16.5. The molecular weight excluding hydrogens is 244 g/mol. The van der Waals surface area contributed by atoms with Gasteiger partial charge in [0.15, 0.2) is 5.78 Å². The highest BCUT2D eigenvalue weighted by Crippen LogP contribution is 2.27. The van der Waals surface area contributed by atoms with Crippen molar-refractivity contribution >= 4 is 5.78 Å². The van der Waals surface area contributed by atoms with E-state index in [9.17, 15) is 9.90 Å². The molecule has 0 radical (unpaired) electrons. The quantitative estimate of drug-likeness (QED) is 0.804. The molecule has 106 valence electrons. The number of ether oxygens (including phenoxy) is 2. The van der Waals surface area contributed by atoms with Crippen LogP contribution < -0.4 is 9.47 Å². The van der Waals surface area contributed by atoms with Crippen LogP contribution >= 0.6 is 0 Å². The molecule has 1 N–H and O–H groups in total. The third-order valence-corrected chi connectivity index (χ3v) is 3.33. The van der Waals surface area contributed by atoms with Crippen LogP contribution in [0.4, 0.5) is 0 Å². The lowest BCUT2D eigenvalue weighted by Gasteiger charge is -2.27. The van der Waals surface area contributed by atoms with Gasteiger partial charge in [0.25, 0.3) is 0 Å². The summed E-state index contributed by atoms with van der Waals surface area (Å²) in [5.74, 6) is 1.03. The summed E-state index contributed by atoms with van der Waals surface area (Å²) in [4.78, 5) is 11.5. The lowest BCUT2D eigenvalue weighted by molar-refractivity contribution is -0.0268. The van der Waals surface area contributed by atoms with E-state index in [1.165, 1.54) is 6.92 Å². The highest BCUT2D eigenvalue weighted by Gasteiger charge is 2.26. The van der Waals surface area contributed by atoms with Gasteiger partial charge < -0.3 is 14.6 Å². The molecule has 1 aromatic carbocycles. The number of carbonyl (C=O) groups excluding carboxylic acids is 1. The van der Waals surface area contributed by atoms with E-state index in [0.717, 1.165) is 0 Å². The zero-order valence-corrected chi connectivity index (χ0v) is 12.2. The topological polar surface area (TPSA) is 55.8 Å². The molecule has 0 heterocycles. The minimum absolute atomic E-state index is 0.0545. The van der Waals surface area contributed by atoms with Crippen LogP contribution in [0.25, 0.3) is 0 Å². The lowest BCUT2D eigenvalue weighted by Crippen LogP contribution is -2.38. The summed E-state index contributed by atoms with van der Waals surface area (Å²) in [6, 6.07) is 5.04. The number of aliphatic hydroxyl groups is 1. The van der Waals surface area contributed by atoms with Gasteiger partial charge in [0, 0.05) is 6.07 Å². The molecule has 0 saturated heterocycles. The van der Waals surface area contributed by atoms with E-state index in [1.807, 2.05) is 13.8 Å². The molecule has 0 aliphatic carbocycles. The Bertz CT molecular complexity index is 449. The fourth-order valence-electron chi connectivity index (χ4n) is 1.43. The zero-order chi connectivity index (χ0) is 14.6. The Balaban J connectivity index is 2.95. The van der Waals surface area contributed by atoms with Gasteiger partial charge in [-0.25, -0.2) is 0 Å². The van der Waals surface area contributed by atoms with Gasteiger partial charge >= 0.3 is 0 Å². The molecule has 0 spiro atoms. The Kier molecular flexibility index (Phi) is 4.95. The number of benzene rings is 1. The smallest absolute Gasteiger partial charge is 0.163 e. The lowest BCUT2D eigenvalue weighted by atomic mass is 9.94. The summed E-state index contributed by atoms with van der Waals surface area (Å²) < 4.78 is 10.7. The monoisotopic (exact) mass is 266 g/mol. The number of hydrogen-bond donors (Lipinski definition) is 1. The number of hydrogen-bond acceptors (Lipinski definition) is 4. The van der Waals surface area contributed by atoms with Crippen LogP contribution in [0, 0.1) is 5.92 Å². The summed E-state index contributed by atoms with van der Waals surface area (Å²) in [7, 11) is 1.55. The van der Waals surface area contributed by atoms with Crippen molar-refractivity contribution in [2.45, 2.75) is 33.3 Å². The van der Waals surface area contributed by atoms with Crippen LogP contribution in [0.2, 0.25) is 0 Å². The van der Waals surface area contributed by atoms with Gasteiger partial charge in [0.2, 0.25) is 0 Å². The number of ketones is 1. The minimum atomic E-state index is -0.947. The van der Waals surface area contributed by atoms with Gasteiger partial charge in [-0.2, -0.15) is 0 Å². The fraction of sp³-hybridized carbons (Fsp3) is 0.533.